The Morgan fingerprint density at radius 3 is 2.67 bits per heavy atom. The SMILES string of the molecule is O=C(C1=C[C@H](c2ccc3c(c2)OCO3)C[C@H](OCCCCO)O1)N1CCC2(CC1)C(=O)NCN2c1ccccc1. The first-order chi connectivity index (χ1) is 19.6. The molecule has 2 aromatic carbocycles. The van der Waals surface area contributed by atoms with Crippen LogP contribution in [0.15, 0.2) is 60.4 Å². The van der Waals surface area contributed by atoms with Gasteiger partial charge < -0.3 is 39.2 Å². The van der Waals surface area contributed by atoms with E-state index < -0.39 is 11.8 Å². The topological polar surface area (TPSA) is 110 Å². The van der Waals surface area contributed by atoms with Gasteiger partial charge in [0, 0.05) is 37.7 Å². The summed E-state index contributed by atoms with van der Waals surface area (Å²) in [5.74, 6) is 1.34. The highest BCUT2D eigenvalue weighted by atomic mass is 16.7. The minimum atomic E-state index is -0.673. The molecule has 212 valence electrons. The molecule has 2 aromatic rings. The van der Waals surface area contributed by atoms with Gasteiger partial charge in [-0.1, -0.05) is 24.3 Å². The van der Waals surface area contributed by atoms with Gasteiger partial charge in [-0.15, -0.1) is 0 Å². The number of rotatable bonds is 8. The molecule has 2 saturated heterocycles. The average Bonchev–Trinajstić information content (AvgIpc) is 3.59. The number of nitrogens with zero attached hydrogens (tertiary/aromatic N) is 2. The van der Waals surface area contributed by atoms with Gasteiger partial charge in [0.15, 0.2) is 17.3 Å². The predicted octanol–water partition coefficient (Wildman–Crippen LogP) is 2.87. The minimum absolute atomic E-state index is 0.01000. The van der Waals surface area contributed by atoms with Crippen LogP contribution in [0.3, 0.4) is 0 Å². The highest BCUT2D eigenvalue weighted by molar-refractivity contribution is 5.95. The maximum Gasteiger partial charge on any atom is 0.288 e. The number of allylic oxidation sites excluding steroid dienone is 1. The number of unbranched alkanes of at least 4 members (excludes halogenated alkanes) is 1. The summed E-state index contributed by atoms with van der Waals surface area (Å²) in [4.78, 5) is 30.7. The third kappa shape index (κ3) is 5.09. The fourth-order valence-electron chi connectivity index (χ4n) is 5.98. The van der Waals surface area contributed by atoms with Crippen molar-refractivity contribution >= 4 is 17.5 Å². The van der Waals surface area contributed by atoms with E-state index in [-0.39, 0.29) is 36.9 Å². The molecule has 0 unspecified atom stereocenters. The highest BCUT2D eigenvalue weighted by Crippen LogP contribution is 2.40. The molecular formula is C30H35N3O7. The van der Waals surface area contributed by atoms with Crippen LogP contribution in [0, 0.1) is 0 Å². The number of benzene rings is 2. The van der Waals surface area contributed by atoms with Crippen LogP contribution >= 0.6 is 0 Å². The van der Waals surface area contributed by atoms with Gasteiger partial charge in [0.2, 0.25) is 19.0 Å². The Bertz CT molecular complexity index is 1260. The van der Waals surface area contributed by atoms with Crippen LogP contribution < -0.4 is 19.7 Å². The van der Waals surface area contributed by atoms with E-state index in [1.807, 2.05) is 54.6 Å². The molecule has 10 heteroatoms. The van der Waals surface area contributed by atoms with Crippen molar-refractivity contribution < 1.29 is 33.6 Å². The summed E-state index contributed by atoms with van der Waals surface area (Å²) in [5, 5.41) is 12.1. The van der Waals surface area contributed by atoms with Crippen LogP contribution in [0.4, 0.5) is 5.69 Å². The van der Waals surface area contributed by atoms with Crippen LogP contribution in [0.25, 0.3) is 0 Å². The Hall–Kier alpha value is -3.76. The first kappa shape index (κ1) is 26.5. The van der Waals surface area contributed by atoms with Crippen LogP contribution in [0.5, 0.6) is 11.5 Å². The number of likely N-dealkylation sites (tertiary alicyclic amines) is 1. The maximum atomic E-state index is 13.8. The number of amides is 2. The quantitative estimate of drug-likeness (QED) is 0.484. The molecule has 2 amide bonds. The molecule has 4 aliphatic heterocycles. The van der Waals surface area contributed by atoms with Crippen molar-refractivity contribution in [3.63, 3.8) is 0 Å². The second kappa shape index (κ2) is 11.4. The summed E-state index contributed by atoms with van der Waals surface area (Å²) in [6, 6.07) is 15.7. The van der Waals surface area contributed by atoms with Crippen molar-refractivity contribution in [3.05, 3.63) is 65.9 Å². The third-order valence-electron chi connectivity index (χ3n) is 8.23. The lowest BCUT2D eigenvalue weighted by Gasteiger charge is -2.43. The number of aliphatic hydroxyl groups excluding tert-OH is 1. The van der Waals surface area contributed by atoms with Crippen LogP contribution in [-0.4, -0.2) is 73.4 Å². The second-order valence-corrected chi connectivity index (χ2v) is 10.6. The van der Waals surface area contributed by atoms with Gasteiger partial charge in [-0.25, -0.2) is 0 Å². The summed E-state index contributed by atoms with van der Waals surface area (Å²) in [7, 11) is 0. The molecule has 10 nitrogen and oxygen atoms in total. The smallest absolute Gasteiger partial charge is 0.288 e. The van der Waals surface area contributed by atoms with Crippen molar-refractivity contribution in [1.29, 1.82) is 0 Å². The maximum absolute atomic E-state index is 13.8. The monoisotopic (exact) mass is 549 g/mol. The first-order valence-corrected chi connectivity index (χ1v) is 14.0. The van der Waals surface area contributed by atoms with Crippen molar-refractivity contribution in [2.45, 2.75) is 49.9 Å². The molecule has 6 rings (SSSR count). The van der Waals surface area contributed by atoms with Crippen LogP contribution in [-0.2, 0) is 19.1 Å². The predicted molar refractivity (Wildman–Crippen MR) is 146 cm³/mol. The summed E-state index contributed by atoms with van der Waals surface area (Å²) in [5.41, 5.74) is 1.31. The molecule has 2 atom stereocenters. The number of hydrogen-bond donors (Lipinski definition) is 2. The Morgan fingerprint density at radius 2 is 1.88 bits per heavy atom. The van der Waals surface area contributed by atoms with Gasteiger partial charge in [0.1, 0.15) is 5.54 Å². The molecule has 0 radical (unpaired) electrons. The van der Waals surface area contributed by atoms with E-state index in [4.69, 9.17) is 24.1 Å². The van der Waals surface area contributed by atoms with Crippen molar-refractivity contribution in [2.75, 3.05) is 44.7 Å². The van der Waals surface area contributed by atoms with Crippen LogP contribution in [0.1, 0.15) is 43.6 Å². The molecule has 0 aliphatic carbocycles. The minimum Gasteiger partial charge on any atom is -0.459 e. The number of carbonyl (C=O) groups is 2. The number of hydrogen-bond acceptors (Lipinski definition) is 8. The normalized spacial score (nSPS) is 23.1. The molecule has 2 N–H and O–H groups in total. The molecule has 0 aromatic heterocycles. The highest BCUT2D eigenvalue weighted by Gasteiger charge is 2.51. The summed E-state index contributed by atoms with van der Waals surface area (Å²) in [6.07, 6.45) is 4.22. The number of anilines is 1. The lowest BCUT2D eigenvalue weighted by molar-refractivity contribution is -0.154. The average molecular weight is 550 g/mol. The Balaban J connectivity index is 1.18. The van der Waals surface area contributed by atoms with Crippen LogP contribution in [0.2, 0.25) is 0 Å². The Kier molecular flexibility index (Phi) is 7.53. The summed E-state index contributed by atoms with van der Waals surface area (Å²) >= 11 is 0. The van der Waals surface area contributed by atoms with E-state index >= 15 is 0 Å². The van der Waals surface area contributed by atoms with E-state index in [2.05, 4.69) is 10.2 Å². The van der Waals surface area contributed by atoms with Gasteiger partial charge in [0.25, 0.3) is 5.91 Å². The van der Waals surface area contributed by atoms with Gasteiger partial charge in [-0.05, 0) is 61.6 Å². The number of carbonyl (C=O) groups excluding carboxylic acids is 2. The van der Waals surface area contributed by atoms with E-state index in [0.717, 1.165) is 11.3 Å². The Morgan fingerprint density at radius 1 is 1.07 bits per heavy atom. The standard InChI is InChI=1S/C30H35N3O7/c34-14-4-5-15-37-27-18-22(21-8-9-24-25(16-21)39-20-38-24)17-26(40-27)28(35)32-12-10-30(11-13-32)29(36)31-19-33(30)23-6-2-1-3-7-23/h1-3,6-9,16-17,22,27,34H,4-5,10-15,18-20H2,(H,31,36)/t22-,27+/m0/s1. The van der Waals surface area contributed by atoms with E-state index in [1.54, 1.807) is 4.90 Å². The lowest BCUT2D eigenvalue weighted by atomic mass is 9.85. The summed E-state index contributed by atoms with van der Waals surface area (Å²) < 4.78 is 23.1. The summed E-state index contributed by atoms with van der Waals surface area (Å²) in [6.45, 7) is 2.06. The fourth-order valence-corrected chi connectivity index (χ4v) is 5.98. The van der Waals surface area contributed by atoms with Gasteiger partial charge in [0.05, 0.1) is 13.3 Å². The molecular weight excluding hydrogens is 514 g/mol. The molecule has 0 saturated carbocycles. The van der Waals surface area contributed by atoms with E-state index in [9.17, 15) is 9.59 Å². The zero-order valence-corrected chi connectivity index (χ0v) is 22.4. The number of fused-ring (bicyclic) bond motifs is 1. The molecule has 4 heterocycles. The third-order valence-corrected chi connectivity index (χ3v) is 8.23. The molecule has 0 bridgehead atoms. The van der Waals surface area contributed by atoms with E-state index in [0.29, 0.717) is 70.0 Å². The number of nitrogens with one attached hydrogen (secondary N) is 1. The number of aliphatic hydroxyl groups is 1. The van der Waals surface area contributed by atoms with Gasteiger partial charge >= 0.3 is 0 Å². The number of piperidine rings is 1. The zero-order valence-electron chi connectivity index (χ0n) is 22.4. The van der Waals surface area contributed by atoms with E-state index in [1.165, 1.54) is 0 Å². The molecule has 1 spiro atoms. The largest absolute Gasteiger partial charge is 0.459 e. The zero-order chi connectivity index (χ0) is 27.5. The molecule has 2 fully saturated rings. The van der Waals surface area contributed by atoms with Crippen molar-refractivity contribution in [3.8, 4) is 11.5 Å². The molecule has 40 heavy (non-hydrogen) atoms. The molecule has 4 aliphatic rings. The number of para-hydroxylation sites is 1. The lowest BCUT2D eigenvalue weighted by Crippen LogP contribution is -2.57. The second-order valence-electron chi connectivity index (χ2n) is 10.6. The van der Waals surface area contributed by atoms with Crippen molar-refractivity contribution in [1.82, 2.24) is 10.2 Å². The van der Waals surface area contributed by atoms with Gasteiger partial charge in [-0.3, -0.25) is 9.59 Å². The fraction of sp³-hybridized carbons (Fsp3) is 0.467. The first-order valence-electron chi connectivity index (χ1n) is 14.0. The number of ether oxygens (including phenoxy) is 4. The Labute approximate surface area is 233 Å². The van der Waals surface area contributed by atoms with Gasteiger partial charge in [-0.2, -0.15) is 0 Å². The van der Waals surface area contributed by atoms with Crippen molar-refractivity contribution in [2.24, 2.45) is 0 Å².